The van der Waals surface area contributed by atoms with Crippen molar-refractivity contribution < 1.29 is 27.5 Å². The van der Waals surface area contributed by atoms with Gasteiger partial charge in [-0.2, -0.15) is 5.10 Å². The van der Waals surface area contributed by atoms with Crippen LogP contribution in [0.1, 0.15) is 49.4 Å². The number of aromatic nitrogens is 2. The number of amides is 3. The number of benzene rings is 1. The summed E-state index contributed by atoms with van der Waals surface area (Å²) in [6.45, 7) is 5.60. The Hall–Kier alpha value is -3.28. The van der Waals surface area contributed by atoms with Crippen LogP contribution >= 0.6 is 0 Å². The van der Waals surface area contributed by atoms with E-state index in [1.807, 2.05) is 0 Å². The fraction of sp³-hybridized carbons (Fsp3) is 0.542. The molecular formula is C24H31N5O6S. The second-order valence-corrected chi connectivity index (χ2v) is 12.1. The van der Waals surface area contributed by atoms with Crippen molar-refractivity contribution in [2.75, 3.05) is 19.0 Å². The minimum Gasteiger partial charge on any atom is -0.475 e. The van der Waals surface area contributed by atoms with Crippen molar-refractivity contribution in [3.63, 3.8) is 0 Å². The molecule has 1 aromatic heterocycles. The molecule has 1 aliphatic heterocycles. The van der Waals surface area contributed by atoms with E-state index in [0.29, 0.717) is 0 Å². The van der Waals surface area contributed by atoms with E-state index in [-0.39, 0.29) is 23.9 Å². The van der Waals surface area contributed by atoms with Crippen molar-refractivity contribution in [1.82, 2.24) is 19.4 Å². The van der Waals surface area contributed by atoms with Crippen LogP contribution in [0.5, 0.6) is 5.88 Å². The first kappa shape index (κ1) is 24.4. The summed E-state index contributed by atoms with van der Waals surface area (Å²) >= 11 is 0. The van der Waals surface area contributed by atoms with Gasteiger partial charge in [-0.25, -0.2) is 27.4 Å². The zero-order valence-electron chi connectivity index (χ0n) is 20.9. The van der Waals surface area contributed by atoms with Crippen LogP contribution in [0.25, 0.3) is 0 Å². The molecule has 3 aliphatic rings. The van der Waals surface area contributed by atoms with Crippen molar-refractivity contribution >= 4 is 27.8 Å². The predicted molar refractivity (Wildman–Crippen MR) is 131 cm³/mol. The quantitative estimate of drug-likeness (QED) is 0.637. The number of sulfonamides is 1. The van der Waals surface area contributed by atoms with Crippen LogP contribution in [0.4, 0.5) is 15.3 Å². The molecule has 2 aromatic rings. The Labute approximate surface area is 210 Å². The average molecular weight is 518 g/mol. The average Bonchev–Trinajstić information content (AvgIpc) is 3.40. The molecule has 12 heteroatoms. The smallest absolute Gasteiger partial charge is 0.410 e. The Bertz CT molecular complexity index is 1340. The number of carbonyl (C=O) groups excluding carboxylic acids is 2. The SMILES string of the molecule is CN(C(=O)OC(C)(C)C)[C@H]1COc2c(S(=O)(=O)NC(=O)Nc3c4c(cc5c3CC5)CCC4)cnn2C1. The van der Waals surface area contributed by atoms with E-state index in [9.17, 15) is 18.0 Å². The number of aryl methyl sites for hydroxylation is 2. The second kappa shape index (κ2) is 8.68. The van der Waals surface area contributed by atoms with Crippen LogP contribution in [0.2, 0.25) is 0 Å². The van der Waals surface area contributed by atoms with Crippen molar-refractivity contribution in [2.45, 2.75) is 76.0 Å². The zero-order valence-corrected chi connectivity index (χ0v) is 21.7. The van der Waals surface area contributed by atoms with Crippen LogP contribution in [0, 0.1) is 0 Å². The summed E-state index contributed by atoms with van der Waals surface area (Å²) in [6, 6.07) is 0.991. The molecule has 1 atom stereocenters. The molecule has 11 nitrogen and oxygen atoms in total. The van der Waals surface area contributed by atoms with E-state index in [1.54, 1.807) is 27.8 Å². The summed E-state index contributed by atoms with van der Waals surface area (Å²) in [5.74, 6) is 0.0221. The first-order valence-electron chi connectivity index (χ1n) is 12.1. The van der Waals surface area contributed by atoms with E-state index >= 15 is 0 Å². The lowest BCUT2D eigenvalue weighted by atomic mass is 9.83. The third-order valence-corrected chi connectivity index (χ3v) is 8.10. The van der Waals surface area contributed by atoms with Gasteiger partial charge >= 0.3 is 12.1 Å². The summed E-state index contributed by atoms with van der Waals surface area (Å²) in [6.07, 6.45) is 5.34. The number of rotatable bonds is 4. The van der Waals surface area contributed by atoms with Crippen LogP contribution in [0.15, 0.2) is 17.2 Å². The fourth-order valence-corrected chi connectivity index (χ4v) is 5.86. The maximum atomic E-state index is 13.1. The van der Waals surface area contributed by atoms with Gasteiger partial charge in [0.05, 0.1) is 18.8 Å². The number of nitrogens with one attached hydrogen (secondary N) is 2. The largest absolute Gasteiger partial charge is 0.475 e. The number of urea groups is 1. The highest BCUT2D eigenvalue weighted by atomic mass is 32.2. The van der Waals surface area contributed by atoms with Crippen molar-refractivity contribution in [1.29, 1.82) is 0 Å². The number of carbonyl (C=O) groups is 2. The fourth-order valence-electron chi connectivity index (χ4n) is 4.87. The molecule has 0 fully saturated rings. The number of likely N-dealkylation sites (N-methyl/N-ethyl adjacent to an activating group) is 1. The molecule has 1 aromatic carbocycles. The van der Waals surface area contributed by atoms with Crippen molar-refractivity contribution in [2.24, 2.45) is 0 Å². The normalized spacial score (nSPS) is 18.2. The number of hydrogen-bond acceptors (Lipinski definition) is 7. The van der Waals surface area contributed by atoms with E-state index in [4.69, 9.17) is 9.47 Å². The summed E-state index contributed by atoms with van der Waals surface area (Å²) in [5.41, 5.74) is 4.75. The zero-order chi connectivity index (χ0) is 25.8. The highest BCUT2D eigenvalue weighted by Crippen LogP contribution is 2.39. The molecule has 2 aliphatic carbocycles. The maximum Gasteiger partial charge on any atom is 0.410 e. The van der Waals surface area contributed by atoms with Crippen LogP contribution in [-0.2, 0) is 47.0 Å². The molecule has 5 rings (SSSR count). The standard InChI is InChI=1S/C24H31N5O6S/c1-24(2,3)35-23(31)28(4)16-12-29-21(34-13-16)19(11-25-29)36(32,33)27-22(30)26-20-17-7-5-6-14(17)10-15-8-9-18(15)20/h10-11,16H,5-9,12-13H2,1-4H3,(H2,26,27,30)/t16-/m1/s1. The van der Waals surface area contributed by atoms with Gasteiger partial charge in [0, 0.05) is 12.7 Å². The lowest BCUT2D eigenvalue weighted by Crippen LogP contribution is -2.47. The van der Waals surface area contributed by atoms with E-state index in [2.05, 4.69) is 21.2 Å². The van der Waals surface area contributed by atoms with Crippen LogP contribution < -0.4 is 14.8 Å². The Morgan fingerprint density at radius 2 is 1.89 bits per heavy atom. The second-order valence-electron chi connectivity index (χ2n) is 10.5. The minimum atomic E-state index is -4.25. The summed E-state index contributed by atoms with van der Waals surface area (Å²) in [4.78, 5) is 26.3. The van der Waals surface area contributed by atoms with Gasteiger partial charge in [-0.3, -0.25) is 0 Å². The molecule has 36 heavy (non-hydrogen) atoms. The summed E-state index contributed by atoms with van der Waals surface area (Å²) in [7, 11) is -2.66. The highest BCUT2D eigenvalue weighted by molar-refractivity contribution is 7.90. The van der Waals surface area contributed by atoms with Gasteiger partial charge in [0.2, 0.25) is 5.88 Å². The molecular weight excluding hydrogens is 486 g/mol. The Balaban J connectivity index is 1.28. The van der Waals surface area contributed by atoms with Crippen molar-refractivity contribution in [3.05, 3.63) is 34.5 Å². The number of anilines is 1. The molecule has 2 heterocycles. The summed E-state index contributed by atoms with van der Waals surface area (Å²) < 4.78 is 40.7. The third kappa shape index (κ3) is 4.49. The van der Waals surface area contributed by atoms with E-state index in [0.717, 1.165) is 55.1 Å². The van der Waals surface area contributed by atoms with Crippen LogP contribution in [0.3, 0.4) is 0 Å². The predicted octanol–water partition coefficient (Wildman–Crippen LogP) is 2.61. The van der Waals surface area contributed by atoms with Gasteiger partial charge in [0.1, 0.15) is 12.2 Å². The van der Waals surface area contributed by atoms with Gasteiger partial charge in [0.15, 0.2) is 4.90 Å². The molecule has 0 radical (unpaired) electrons. The first-order chi connectivity index (χ1) is 16.9. The molecule has 0 unspecified atom stereocenters. The molecule has 3 amide bonds. The maximum absolute atomic E-state index is 13.1. The Kier molecular flexibility index (Phi) is 5.89. The van der Waals surface area contributed by atoms with Gasteiger partial charge in [-0.1, -0.05) is 6.07 Å². The van der Waals surface area contributed by atoms with E-state index in [1.165, 1.54) is 20.7 Å². The lowest BCUT2D eigenvalue weighted by Gasteiger charge is -2.33. The van der Waals surface area contributed by atoms with E-state index < -0.39 is 33.8 Å². The Morgan fingerprint density at radius 3 is 2.58 bits per heavy atom. The van der Waals surface area contributed by atoms with Gasteiger partial charge in [-0.05, 0) is 75.1 Å². The summed E-state index contributed by atoms with van der Waals surface area (Å²) in [5, 5.41) is 6.92. The third-order valence-electron chi connectivity index (χ3n) is 6.78. The number of ether oxygens (including phenoxy) is 2. The van der Waals surface area contributed by atoms with Crippen LogP contribution in [-0.4, -0.2) is 60.5 Å². The van der Waals surface area contributed by atoms with Gasteiger partial charge < -0.3 is 19.7 Å². The lowest BCUT2D eigenvalue weighted by molar-refractivity contribution is 0.0101. The molecule has 0 saturated carbocycles. The molecule has 0 spiro atoms. The number of nitrogens with zero attached hydrogens (tertiary/aromatic N) is 3. The monoisotopic (exact) mass is 517 g/mol. The van der Waals surface area contributed by atoms with Crippen molar-refractivity contribution in [3.8, 4) is 5.88 Å². The topological polar surface area (TPSA) is 132 Å². The molecule has 194 valence electrons. The highest BCUT2D eigenvalue weighted by Gasteiger charge is 2.35. The Morgan fingerprint density at radius 1 is 1.17 bits per heavy atom. The van der Waals surface area contributed by atoms with Gasteiger partial charge in [0.25, 0.3) is 10.0 Å². The van der Waals surface area contributed by atoms with Gasteiger partial charge in [-0.15, -0.1) is 0 Å². The minimum absolute atomic E-state index is 0.0221. The molecule has 2 N–H and O–H groups in total. The number of hydrogen-bond donors (Lipinski definition) is 2. The first-order valence-corrected chi connectivity index (χ1v) is 13.6. The molecule has 0 saturated heterocycles. The molecule has 0 bridgehead atoms. The number of fused-ring (bicyclic) bond motifs is 3.